The van der Waals surface area contributed by atoms with E-state index in [2.05, 4.69) is 10.3 Å². The molecular formula is C25H19ClFN3O2S. The Kier molecular flexibility index (Phi) is 7.22. The van der Waals surface area contributed by atoms with Gasteiger partial charge in [0, 0.05) is 11.6 Å². The van der Waals surface area contributed by atoms with E-state index in [1.165, 1.54) is 29.2 Å². The summed E-state index contributed by atoms with van der Waals surface area (Å²) in [6, 6.07) is 22.1. The number of hydrogen-bond donors (Lipinski definition) is 1. The molecule has 0 radical (unpaired) electrons. The van der Waals surface area contributed by atoms with Crippen LogP contribution in [0.5, 0.6) is 0 Å². The molecule has 1 N–H and O–H groups in total. The Morgan fingerprint density at radius 2 is 1.73 bits per heavy atom. The van der Waals surface area contributed by atoms with Crippen LogP contribution < -0.4 is 10.2 Å². The molecule has 8 heteroatoms. The van der Waals surface area contributed by atoms with Gasteiger partial charge in [-0.3, -0.25) is 14.5 Å². The highest BCUT2D eigenvalue weighted by atomic mass is 35.5. The molecule has 1 heterocycles. The highest BCUT2D eigenvalue weighted by molar-refractivity contribution is 8.14. The number of nitrogens with one attached hydrogen (secondary N) is 1. The van der Waals surface area contributed by atoms with E-state index < -0.39 is 5.82 Å². The summed E-state index contributed by atoms with van der Waals surface area (Å²) >= 11 is 7.03. The number of carbonyl (C=O) groups is 2. The van der Waals surface area contributed by atoms with Crippen molar-refractivity contribution in [3.63, 3.8) is 0 Å². The van der Waals surface area contributed by atoms with Gasteiger partial charge in [-0.25, -0.2) is 9.38 Å². The molecular weight excluding hydrogens is 461 g/mol. The Bertz CT molecular complexity index is 1210. The molecule has 0 spiro atoms. The molecule has 0 unspecified atom stereocenters. The zero-order chi connectivity index (χ0) is 23.2. The first kappa shape index (κ1) is 22.8. The van der Waals surface area contributed by atoms with Gasteiger partial charge < -0.3 is 5.32 Å². The number of hydrogen-bond acceptors (Lipinski definition) is 4. The summed E-state index contributed by atoms with van der Waals surface area (Å²) in [5.74, 6) is -0.881. The van der Waals surface area contributed by atoms with E-state index in [1.807, 2.05) is 42.5 Å². The van der Waals surface area contributed by atoms with Crippen molar-refractivity contribution >= 4 is 52.1 Å². The Hall–Kier alpha value is -3.42. The molecule has 3 aromatic rings. The molecule has 1 aliphatic rings. The predicted molar refractivity (Wildman–Crippen MR) is 131 cm³/mol. The lowest BCUT2D eigenvalue weighted by atomic mass is 10.2. The van der Waals surface area contributed by atoms with Gasteiger partial charge in [-0.05, 0) is 53.6 Å². The van der Waals surface area contributed by atoms with Crippen molar-refractivity contribution in [1.82, 2.24) is 5.32 Å². The third-order valence-electron chi connectivity index (χ3n) is 4.75. The highest BCUT2D eigenvalue weighted by Gasteiger charge is 2.32. The van der Waals surface area contributed by atoms with Crippen LogP contribution in [0.3, 0.4) is 0 Å². The largest absolute Gasteiger partial charge is 0.351 e. The van der Waals surface area contributed by atoms with Crippen molar-refractivity contribution < 1.29 is 14.0 Å². The fraction of sp³-hybridized carbons (Fsp3) is 0.0800. The minimum Gasteiger partial charge on any atom is -0.351 e. The smallest absolute Gasteiger partial charge is 0.283 e. The number of nitrogens with zero attached hydrogens (tertiary/aromatic N) is 2. The van der Waals surface area contributed by atoms with Crippen LogP contribution in [0.1, 0.15) is 11.1 Å². The van der Waals surface area contributed by atoms with Crippen molar-refractivity contribution in [2.24, 2.45) is 4.99 Å². The van der Waals surface area contributed by atoms with Gasteiger partial charge in [-0.1, -0.05) is 65.8 Å². The Balaban J connectivity index is 1.49. The van der Waals surface area contributed by atoms with Gasteiger partial charge in [0.25, 0.3) is 5.91 Å². The predicted octanol–water partition coefficient (Wildman–Crippen LogP) is 5.27. The summed E-state index contributed by atoms with van der Waals surface area (Å²) in [4.78, 5) is 31.4. The number of halogens is 2. The van der Waals surface area contributed by atoms with Gasteiger partial charge in [0.1, 0.15) is 11.5 Å². The van der Waals surface area contributed by atoms with E-state index in [4.69, 9.17) is 11.6 Å². The lowest BCUT2D eigenvalue weighted by Gasteiger charge is -2.17. The van der Waals surface area contributed by atoms with Gasteiger partial charge in [-0.2, -0.15) is 0 Å². The number of thioether (sulfide) groups is 1. The van der Waals surface area contributed by atoms with Crippen molar-refractivity contribution in [3.8, 4) is 0 Å². The van der Waals surface area contributed by atoms with Crippen molar-refractivity contribution in [2.75, 3.05) is 10.7 Å². The minimum absolute atomic E-state index is 0.0655. The summed E-state index contributed by atoms with van der Waals surface area (Å²) in [5, 5.41) is 3.83. The fourth-order valence-electron chi connectivity index (χ4n) is 3.10. The zero-order valence-electron chi connectivity index (χ0n) is 17.4. The monoisotopic (exact) mass is 479 g/mol. The van der Waals surface area contributed by atoms with E-state index in [0.717, 1.165) is 22.9 Å². The number of benzene rings is 3. The summed E-state index contributed by atoms with van der Waals surface area (Å²) in [5.41, 5.74) is 2.48. The van der Waals surface area contributed by atoms with Crippen LogP contribution >= 0.6 is 23.4 Å². The molecule has 0 aromatic heterocycles. The van der Waals surface area contributed by atoms with Crippen molar-refractivity contribution in [1.29, 1.82) is 0 Å². The zero-order valence-corrected chi connectivity index (χ0v) is 18.9. The van der Waals surface area contributed by atoms with Crippen LogP contribution in [0.4, 0.5) is 10.1 Å². The van der Waals surface area contributed by atoms with Crippen LogP contribution in [0.2, 0.25) is 5.02 Å². The molecule has 33 heavy (non-hydrogen) atoms. The number of aliphatic imine (C=N–C) groups is 1. The summed E-state index contributed by atoms with van der Waals surface area (Å²) in [6.45, 7) is 0.364. The number of amidine groups is 1. The van der Waals surface area contributed by atoms with Crippen molar-refractivity contribution in [2.45, 2.75) is 6.54 Å². The first-order valence-electron chi connectivity index (χ1n) is 10.1. The molecule has 166 valence electrons. The van der Waals surface area contributed by atoms with Crippen LogP contribution in [0.25, 0.3) is 6.08 Å². The standard InChI is InChI=1S/C25H19ClFN3O2S/c26-19-8-6-18(7-9-19)15-28-23(31)16-33-25-29-22(14-17-4-2-1-3-5-17)24(32)30(25)21-12-10-20(27)11-13-21/h1-14H,15-16H2,(H,28,31)/b22-14+. The minimum atomic E-state index is -0.404. The van der Waals surface area contributed by atoms with Gasteiger partial charge in [0.2, 0.25) is 5.91 Å². The second-order valence-corrected chi connectivity index (χ2v) is 8.52. The quantitative estimate of drug-likeness (QED) is 0.490. The second kappa shape index (κ2) is 10.5. The molecule has 0 aliphatic carbocycles. The summed E-state index contributed by atoms with van der Waals surface area (Å²) in [6.07, 6.45) is 1.69. The number of anilines is 1. The number of amides is 2. The lowest BCUT2D eigenvalue weighted by Crippen LogP contribution is -2.32. The van der Waals surface area contributed by atoms with E-state index in [1.54, 1.807) is 18.2 Å². The first-order chi connectivity index (χ1) is 16.0. The summed E-state index contributed by atoms with van der Waals surface area (Å²) in [7, 11) is 0. The topological polar surface area (TPSA) is 61.8 Å². The third-order valence-corrected chi connectivity index (χ3v) is 5.94. The normalized spacial score (nSPS) is 14.5. The molecule has 2 amide bonds. The molecule has 1 aliphatic heterocycles. The van der Waals surface area contributed by atoms with Crippen LogP contribution in [0, 0.1) is 5.82 Å². The fourth-order valence-corrected chi connectivity index (χ4v) is 4.07. The van der Waals surface area contributed by atoms with Crippen LogP contribution in [-0.4, -0.2) is 22.7 Å². The lowest BCUT2D eigenvalue weighted by molar-refractivity contribution is -0.118. The van der Waals surface area contributed by atoms with E-state index in [-0.39, 0.29) is 23.3 Å². The molecule has 0 saturated carbocycles. The van der Waals surface area contributed by atoms with Gasteiger partial charge >= 0.3 is 0 Å². The maximum Gasteiger partial charge on any atom is 0.283 e. The van der Waals surface area contributed by atoms with Crippen LogP contribution in [0.15, 0.2) is 89.6 Å². The van der Waals surface area contributed by atoms with Crippen molar-refractivity contribution in [3.05, 3.63) is 107 Å². The Morgan fingerprint density at radius 3 is 2.42 bits per heavy atom. The molecule has 5 nitrogen and oxygen atoms in total. The molecule has 4 rings (SSSR count). The van der Waals surface area contributed by atoms with Gasteiger partial charge in [-0.15, -0.1) is 0 Å². The maximum absolute atomic E-state index is 13.4. The second-order valence-electron chi connectivity index (χ2n) is 7.14. The van der Waals surface area contributed by atoms with E-state index in [0.29, 0.717) is 22.4 Å². The molecule has 0 bridgehead atoms. The maximum atomic E-state index is 13.4. The van der Waals surface area contributed by atoms with E-state index >= 15 is 0 Å². The Morgan fingerprint density at radius 1 is 1.03 bits per heavy atom. The average molecular weight is 480 g/mol. The highest BCUT2D eigenvalue weighted by Crippen LogP contribution is 2.29. The van der Waals surface area contributed by atoms with E-state index in [9.17, 15) is 14.0 Å². The SMILES string of the molecule is O=C(CSC1=N/C(=C/c2ccccc2)C(=O)N1c1ccc(F)cc1)NCc1ccc(Cl)cc1. The first-order valence-corrected chi connectivity index (χ1v) is 11.5. The van der Waals surface area contributed by atoms with Gasteiger partial charge in [0.05, 0.1) is 11.4 Å². The van der Waals surface area contributed by atoms with Gasteiger partial charge in [0.15, 0.2) is 5.17 Å². The third kappa shape index (κ3) is 5.88. The number of rotatable bonds is 6. The Labute approximate surface area is 200 Å². The summed E-state index contributed by atoms with van der Waals surface area (Å²) < 4.78 is 13.4. The average Bonchev–Trinajstić information content (AvgIpc) is 3.13. The van der Waals surface area contributed by atoms with Crippen LogP contribution in [-0.2, 0) is 16.1 Å². The molecule has 3 aromatic carbocycles. The molecule has 0 saturated heterocycles. The molecule has 0 fully saturated rings. The number of carbonyl (C=O) groups excluding carboxylic acids is 2. The molecule has 0 atom stereocenters.